The predicted octanol–water partition coefficient (Wildman–Crippen LogP) is 4.73. The average Bonchev–Trinajstić information content (AvgIpc) is 2.35. The Morgan fingerprint density at radius 2 is 1.89 bits per heavy atom. The van der Waals surface area contributed by atoms with Crippen molar-refractivity contribution in [3.05, 3.63) is 29.8 Å². The summed E-state index contributed by atoms with van der Waals surface area (Å²) >= 11 is 1.69. The van der Waals surface area contributed by atoms with Gasteiger partial charge < -0.3 is 0 Å². The molecule has 1 fully saturated rings. The van der Waals surface area contributed by atoms with E-state index in [1.807, 2.05) is 0 Å². The van der Waals surface area contributed by atoms with E-state index in [4.69, 9.17) is 0 Å². The summed E-state index contributed by atoms with van der Waals surface area (Å²) in [5, 5.41) is 0. The molecule has 1 aliphatic rings. The van der Waals surface area contributed by atoms with Crippen molar-refractivity contribution in [1.29, 1.82) is 0 Å². The van der Waals surface area contributed by atoms with Crippen LogP contribution in [0.25, 0.3) is 0 Å². The molecule has 2 atom stereocenters. The minimum Gasteiger partial charge on any atom is -0.298 e. The van der Waals surface area contributed by atoms with E-state index in [0.29, 0.717) is 29.3 Å². The summed E-state index contributed by atoms with van der Waals surface area (Å²) in [5.41, 5.74) is 1.26. The zero-order valence-corrected chi connectivity index (χ0v) is 13.0. The highest BCUT2D eigenvalue weighted by molar-refractivity contribution is 8.00. The molecular formula is C17H24OS. The minimum absolute atomic E-state index is 0.302. The van der Waals surface area contributed by atoms with Crippen LogP contribution in [0.15, 0.2) is 29.2 Å². The third kappa shape index (κ3) is 4.38. The summed E-state index contributed by atoms with van der Waals surface area (Å²) in [6, 6.07) is 8.41. The molecular weight excluding hydrogens is 252 g/mol. The van der Waals surface area contributed by atoms with Gasteiger partial charge in [-0.15, -0.1) is 11.8 Å². The number of hydrogen-bond donors (Lipinski definition) is 0. The second kappa shape index (κ2) is 6.60. The van der Waals surface area contributed by atoms with Crippen LogP contribution < -0.4 is 0 Å². The first-order valence-corrected chi connectivity index (χ1v) is 8.25. The molecule has 1 nitrogen and oxygen atoms in total. The molecule has 2 unspecified atom stereocenters. The quantitative estimate of drug-likeness (QED) is 0.740. The van der Waals surface area contributed by atoms with E-state index in [2.05, 4.69) is 45.0 Å². The van der Waals surface area contributed by atoms with Crippen molar-refractivity contribution in [1.82, 2.24) is 0 Å². The number of carbonyl (C=O) groups is 1. The molecule has 2 heteroatoms. The molecule has 1 aromatic rings. The fourth-order valence-corrected chi connectivity index (χ4v) is 4.18. The fraction of sp³-hybridized carbons (Fsp3) is 0.588. The Labute approximate surface area is 121 Å². The van der Waals surface area contributed by atoms with Gasteiger partial charge in [-0.2, -0.15) is 0 Å². The van der Waals surface area contributed by atoms with Crippen LogP contribution in [-0.2, 0) is 4.79 Å². The highest BCUT2D eigenvalue weighted by atomic mass is 32.2. The Morgan fingerprint density at radius 3 is 2.53 bits per heavy atom. The standard InChI is InChI=1S/C17H24OS/c1-12-5-4-6-16(10-12)19-11-17(18)15-8-13(2)7-14(3)9-15/h4-6,10,13-15H,7-9,11H2,1-3H3. The molecule has 1 aliphatic carbocycles. The van der Waals surface area contributed by atoms with Crippen LogP contribution in [0.4, 0.5) is 0 Å². The molecule has 0 N–H and O–H groups in total. The Morgan fingerprint density at radius 1 is 1.21 bits per heavy atom. The summed E-state index contributed by atoms with van der Waals surface area (Å²) in [4.78, 5) is 13.5. The number of ketones is 1. The van der Waals surface area contributed by atoms with Crippen molar-refractivity contribution in [2.24, 2.45) is 17.8 Å². The van der Waals surface area contributed by atoms with E-state index >= 15 is 0 Å². The topological polar surface area (TPSA) is 17.1 Å². The molecule has 104 valence electrons. The van der Waals surface area contributed by atoms with E-state index in [-0.39, 0.29) is 0 Å². The van der Waals surface area contributed by atoms with Crippen LogP contribution in [0.1, 0.15) is 38.7 Å². The van der Waals surface area contributed by atoms with Gasteiger partial charge in [-0.05, 0) is 50.2 Å². The molecule has 1 aromatic carbocycles. The van der Waals surface area contributed by atoms with Gasteiger partial charge in [-0.25, -0.2) is 0 Å². The molecule has 0 amide bonds. The van der Waals surface area contributed by atoms with Crippen molar-refractivity contribution in [2.75, 3.05) is 5.75 Å². The summed E-state index contributed by atoms with van der Waals surface area (Å²) < 4.78 is 0. The second-order valence-corrected chi connectivity index (χ2v) is 7.23. The lowest BCUT2D eigenvalue weighted by Gasteiger charge is -2.30. The summed E-state index contributed by atoms with van der Waals surface area (Å²) in [7, 11) is 0. The van der Waals surface area contributed by atoms with E-state index in [1.54, 1.807) is 11.8 Å². The number of Topliss-reactive ketones (excluding diaryl/α,β-unsaturated/α-hetero) is 1. The average molecular weight is 276 g/mol. The molecule has 19 heavy (non-hydrogen) atoms. The molecule has 1 saturated carbocycles. The molecule has 0 saturated heterocycles. The zero-order valence-electron chi connectivity index (χ0n) is 12.2. The molecule has 0 bridgehead atoms. The summed E-state index contributed by atoms with van der Waals surface area (Å²) in [6.07, 6.45) is 3.48. The van der Waals surface area contributed by atoms with E-state index in [0.717, 1.165) is 12.8 Å². The fourth-order valence-electron chi connectivity index (χ4n) is 3.19. The zero-order chi connectivity index (χ0) is 13.8. The Hall–Kier alpha value is -0.760. The minimum atomic E-state index is 0.302. The lowest BCUT2D eigenvalue weighted by atomic mass is 9.75. The van der Waals surface area contributed by atoms with Gasteiger partial charge >= 0.3 is 0 Å². The summed E-state index contributed by atoms with van der Waals surface area (Å²) in [6.45, 7) is 6.66. The van der Waals surface area contributed by atoms with Gasteiger partial charge in [0.05, 0.1) is 5.75 Å². The maximum absolute atomic E-state index is 12.3. The van der Waals surface area contributed by atoms with E-state index in [1.165, 1.54) is 16.9 Å². The number of thioether (sulfide) groups is 1. The lowest BCUT2D eigenvalue weighted by molar-refractivity contribution is -0.122. The van der Waals surface area contributed by atoms with Crippen molar-refractivity contribution in [3.8, 4) is 0 Å². The highest BCUT2D eigenvalue weighted by Gasteiger charge is 2.28. The van der Waals surface area contributed by atoms with Gasteiger partial charge in [-0.1, -0.05) is 31.5 Å². The van der Waals surface area contributed by atoms with Gasteiger partial charge in [0.25, 0.3) is 0 Å². The van der Waals surface area contributed by atoms with E-state index in [9.17, 15) is 4.79 Å². The van der Waals surface area contributed by atoms with Crippen molar-refractivity contribution >= 4 is 17.5 Å². The van der Waals surface area contributed by atoms with Crippen LogP contribution in [0.3, 0.4) is 0 Å². The van der Waals surface area contributed by atoms with Gasteiger partial charge in [0.2, 0.25) is 0 Å². The maximum atomic E-state index is 12.3. The normalized spacial score (nSPS) is 27.2. The number of hydrogen-bond acceptors (Lipinski definition) is 2. The molecule has 2 rings (SSSR count). The highest BCUT2D eigenvalue weighted by Crippen LogP contribution is 2.34. The van der Waals surface area contributed by atoms with Gasteiger partial charge in [0.1, 0.15) is 5.78 Å². The Bertz CT molecular complexity index is 431. The maximum Gasteiger partial charge on any atom is 0.146 e. The Balaban J connectivity index is 1.87. The van der Waals surface area contributed by atoms with Gasteiger partial charge in [0.15, 0.2) is 0 Å². The number of rotatable bonds is 4. The molecule has 0 spiro atoms. The lowest BCUT2D eigenvalue weighted by Crippen LogP contribution is -2.27. The largest absolute Gasteiger partial charge is 0.298 e. The van der Waals surface area contributed by atoms with Crippen LogP contribution in [0.5, 0.6) is 0 Å². The van der Waals surface area contributed by atoms with E-state index < -0.39 is 0 Å². The first-order valence-electron chi connectivity index (χ1n) is 7.26. The molecule has 0 aromatic heterocycles. The first-order chi connectivity index (χ1) is 9.04. The predicted molar refractivity (Wildman–Crippen MR) is 82.6 cm³/mol. The van der Waals surface area contributed by atoms with Crippen LogP contribution in [-0.4, -0.2) is 11.5 Å². The molecule has 0 aliphatic heterocycles. The molecule has 0 radical (unpaired) electrons. The van der Waals surface area contributed by atoms with Crippen LogP contribution in [0, 0.1) is 24.7 Å². The summed E-state index contributed by atoms with van der Waals surface area (Å²) in [5.74, 6) is 2.80. The number of aryl methyl sites for hydroxylation is 1. The third-order valence-corrected chi connectivity index (χ3v) is 5.02. The van der Waals surface area contributed by atoms with Crippen molar-refractivity contribution in [2.45, 2.75) is 44.9 Å². The van der Waals surface area contributed by atoms with Crippen LogP contribution in [0.2, 0.25) is 0 Å². The van der Waals surface area contributed by atoms with Gasteiger partial charge in [-0.3, -0.25) is 4.79 Å². The first kappa shape index (κ1) is 14.6. The second-order valence-electron chi connectivity index (χ2n) is 6.19. The number of carbonyl (C=O) groups excluding carboxylic acids is 1. The van der Waals surface area contributed by atoms with Crippen LogP contribution >= 0.6 is 11.8 Å². The third-order valence-electron chi connectivity index (χ3n) is 4.00. The monoisotopic (exact) mass is 276 g/mol. The smallest absolute Gasteiger partial charge is 0.146 e. The number of benzene rings is 1. The van der Waals surface area contributed by atoms with Crippen molar-refractivity contribution < 1.29 is 4.79 Å². The SMILES string of the molecule is Cc1cccc(SCC(=O)C2CC(C)CC(C)C2)c1. The van der Waals surface area contributed by atoms with Crippen molar-refractivity contribution in [3.63, 3.8) is 0 Å². The Kier molecular flexibility index (Phi) is 5.09. The van der Waals surface area contributed by atoms with Gasteiger partial charge in [0, 0.05) is 10.8 Å². The molecule has 0 heterocycles.